The maximum Gasteiger partial charge on any atom is 0.155 e. The molecule has 0 saturated heterocycles. The Morgan fingerprint density at radius 3 is 2.75 bits per heavy atom. The van der Waals surface area contributed by atoms with Gasteiger partial charge in [-0.3, -0.25) is 0 Å². The topological polar surface area (TPSA) is 86.2 Å². The molecule has 0 radical (unpaired) electrons. The number of benzene rings is 2. The Kier molecular flexibility index (Phi) is 5.35. The molecule has 28 heavy (non-hydrogen) atoms. The van der Waals surface area contributed by atoms with Crippen molar-refractivity contribution in [3.8, 4) is 11.4 Å². The van der Waals surface area contributed by atoms with E-state index in [-0.39, 0.29) is 12.0 Å². The van der Waals surface area contributed by atoms with Gasteiger partial charge in [-0.05, 0) is 37.1 Å². The fourth-order valence-corrected chi connectivity index (χ4v) is 3.97. The van der Waals surface area contributed by atoms with E-state index in [1.807, 2.05) is 53.2 Å². The average Bonchev–Trinajstić information content (AvgIpc) is 3.25. The second-order valence-corrected chi connectivity index (χ2v) is 7.60. The Balaban J connectivity index is 1.74. The zero-order chi connectivity index (χ0) is 19.7. The number of aliphatic hydroxyl groups excluding tert-OH is 1. The van der Waals surface area contributed by atoms with Crippen LogP contribution in [-0.4, -0.2) is 39.1 Å². The molecule has 2 aromatic carbocycles. The van der Waals surface area contributed by atoms with Crippen molar-refractivity contribution in [2.75, 3.05) is 7.11 Å². The number of halogens is 1. The Morgan fingerprint density at radius 2 is 2.04 bits per heavy atom. The third-order valence-corrected chi connectivity index (χ3v) is 5.45. The summed E-state index contributed by atoms with van der Waals surface area (Å²) < 4.78 is 7.28. The van der Waals surface area contributed by atoms with Gasteiger partial charge in [0.15, 0.2) is 5.82 Å². The molecule has 3 aromatic rings. The average molecular weight is 399 g/mol. The highest BCUT2D eigenvalue weighted by molar-refractivity contribution is 6.30. The monoisotopic (exact) mass is 398 g/mol. The van der Waals surface area contributed by atoms with Crippen molar-refractivity contribution in [2.24, 2.45) is 5.73 Å². The fourth-order valence-electron chi connectivity index (χ4n) is 3.78. The summed E-state index contributed by atoms with van der Waals surface area (Å²) in [6.07, 6.45) is 1.28. The quantitative estimate of drug-likeness (QED) is 0.689. The lowest BCUT2D eigenvalue weighted by Crippen LogP contribution is -2.28. The molecular weight excluding hydrogens is 376 g/mol. The van der Waals surface area contributed by atoms with Crippen LogP contribution < -0.4 is 10.5 Å². The van der Waals surface area contributed by atoms with Gasteiger partial charge in [0.25, 0.3) is 0 Å². The SMILES string of the molecule is COc1ccccc1Cc1nc([C@H]2C[C@@H](N)[C@H](O)C2)n(-c2cccc(Cl)c2)n1. The van der Waals surface area contributed by atoms with Gasteiger partial charge in [-0.25, -0.2) is 9.67 Å². The lowest BCUT2D eigenvalue weighted by atomic mass is 10.1. The number of para-hydroxylation sites is 1. The molecule has 0 unspecified atom stereocenters. The van der Waals surface area contributed by atoms with Gasteiger partial charge in [0.05, 0.1) is 18.9 Å². The van der Waals surface area contributed by atoms with Crippen molar-refractivity contribution in [3.05, 3.63) is 70.8 Å². The van der Waals surface area contributed by atoms with Crippen molar-refractivity contribution in [1.29, 1.82) is 0 Å². The molecule has 1 aromatic heterocycles. The van der Waals surface area contributed by atoms with Crippen molar-refractivity contribution >= 4 is 11.6 Å². The van der Waals surface area contributed by atoms with E-state index in [0.29, 0.717) is 30.1 Å². The molecule has 0 spiro atoms. The Morgan fingerprint density at radius 1 is 1.21 bits per heavy atom. The van der Waals surface area contributed by atoms with Crippen LogP contribution in [0.1, 0.15) is 36.0 Å². The first-order valence-electron chi connectivity index (χ1n) is 9.32. The standard InChI is InChI=1S/C21H23ClN4O2/c1-28-19-8-3-2-5-13(19)11-20-24-21(14-9-17(23)18(27)10-14)26(25-20)16-7-4-6-15(22)12-16/h2-8,12,14,17-18,27H,9-11,23H2,1H3/t14-,17+,18+/m0/s1. The number of ether oxygens (including phenoxy) is 1. The minimum atomic E-state index is -0.521. The molecule has 6 nitrogen and oxygen atoms in total. The Labute approximate surface area is 168 Å². The first-order chi connectivity index (χ1) is 13.5. The number of aliphatic hydroxyl groups is 1. The maximum absolute atomic E-state index is 10.1. The number of nitrogens with zero attached hydrogens (tertiary/aromatic N) is 3. The molecule has 3 N–H and O–H groups in total. The number of hydrogen-bond donors (Lipinski definition) is 2. The van der Waals surface area contributed by atoms with Gasteiger partial charge in [-0.15, -0.1) is 0 Å². The summed E-state index contributed by atoms with van der Waals surface area (Å²) >= 11 is 6.19. The highest BCUT2D eigenvalue weighted by atomic mass is 35.5. The lowest BCUT2D eigenvalue weighted by molar-refractivity contribution is 0.163. The summed E-state index contributed by atoms with van der Waals surface area (Å²) in [5.74, 6) is 2.35. The minimum absolute atomic E-state index is 0.0444. The summed E-state index contributed by atoms with van der Waals surface area (Å²) in [5, 5.41) is 15.5. The molecule has 1 saturated carbocycles. The van der Waals surface area contributed by atoms with Crippen molar-refractivity contribution in [3.63, 3.8) is 0 Å². The van der Waals surface area contributed by atoms with Gasteiger partial charge in [0, 0.05) is 29.0 Å². The number of rotatable bonds is 5. The van der Waals surface area contributed by atoms with Crippen LogP contribution in [0.2, 0.25) is 5.02 Å². The summed E-state index contributed by atoms with van der Waals surface area (Å²) in [7, 11) is 1.66. The van der Waals surface area contributed by atoms with Crippen LogP contribution in [0.15, 0.2) is 48.5 Å². The Hall–Kier alpha value is -2.41. The van der Waals surface area contributed by atoms with Gasteiger partial charge >= 0.3 is 0 Å². The van der Waals surface area contributed by atoms with Crippen molar-refractivity contribution < 1.29 is 9.84 Å². The third kappa shape index (κ3) is 3.76. The van der Waals surface area contributed by atoms with Crippen LogP contribution in [0.25, 0.3) is 5.69 Å². The van der Waals surface area contributed by atoms with E-state index in [1.165, 1.54) is 0 Å². The molecule has 1 fully saturated rings. The minimum Gasteiger partial charge on any atom is -0.496 e. The molecule has 1 aliphatic rings. The predicted molar refractivity (Wildman–Crippen MR) is 108 cm³/mol. The van der Waals surface area contributed by atoms with Crippen molar-refractivity contribution in [2.45, 2.75) is 37.3 Å². The van der Waals surface area contributed by atoms with Crippen LogP contribution in [0.3, 0.4) is 0 Å². The van der Waals surface area contributed by atoms with Crippen LogP contribution in [0.5, 0.6) is 5.75 Å². The molecule has 1 aliphatic carbocycles. The molecule has 146 valence electrons. The molecule has 0 aliphatic heterocycles. The highest BCUT2D eigenvalue weighted by Gasteiger charge is 2.35. The van der Waals surface area contributed by atoms with E-state index < -0.39 is 6.10 Å². The van der Waals surface area contributed by atoms with Gasteiger partial charge in [-0.1, -0.05) is 35.9 Å². The maximum atomic E-state index is 10.1. The zero-order valence-corrected chi connectivity index (χ0v) is 16.4. The first kappa shape index (κ1) is 18.9. The number of aromatic nitrogens is 3. The zero-order valence-electron chi connectivity index (χ0n) is 15.6. The predicted octanol–water partition coefficient (Wildman–Crippen LogP) is 3.09. The van der Waals surface area contributed by atoms with E-state index in [1.54, 1.807) is 7.11 Å². The molecule has 1 heterocycles. The molecule has 0 bridgehead atoms. The summed E-state index contributed by atoms with van der Waals surface area (Å²) in [4.78, 5) is 4.82. The number of nitrogens with two attached hydrogens (primary N) is 1. The number of methoxy groups -OCH3 is 1. The number of hydrogen-bond acceptors (Lipinski definition) is 5. The molecular formula is C21H23ClN4O2. The van der Waals surface area contributed by atoms with E-state index in [4.69, 9.17) is 32.2 Å². The van der Waals surface area contributed by atoms with Crippen LogP contribution in [0.4, 0.5) is 0 Å². The van der Waals surface area contributed by atoms with E-state index in [2.05, 4.69) is 0 Å². The normalized spacial score (nSPS) is 21.8. The van der Waals surface area contributed by atoms with Gasteiger partial charge in [0.1, 0.15) is 11.6 Å². The third-order valence-electron chi connectivity index (χ3n) is 5.21. The van der Waals surface area contributed by atoms with Crippen molar-refractivity contribution in [1.82, 2.24) is 14.8 Å². The summed E-state index contributed by atoms with van der Waals surface area (Å²) in [6, 6.07) is 15.1. The van der Waals surface area contributed by atoms with E-state index in [9.17, 15) is 5.11 Å². The summed E-state index contributed by atoms with van der Waals surface area (Å²) in [5.41, 5.74) is 7.90. The van der Waals surface area contributed by atoms with Gasteiger partial charge in [0.2, 0.25) is 0 Å². The van der Waals surface area contributed by atoms with Gasteiger partial charge < -0.3 is 15.6 Å². The summed E-state index contributed by atoms with van der Waals surface area (Å²) in [6.45, 7) is 0. The first-order valence-corrected chi connectivity index (χ1v) is 9.70. The van der Waals surface area contributed by atoms with Crippen LogP contribution in [0, 0.1) is 0 Å². The fraction of sp³-hybridized carbons (Fsp3) is 0.333. The largest absolute Gasteiger partial charge is 0.496 e. The highest BCUT2D eigenvalue weighted by Crippen LogP contribution is 2.34. The second-order valence-electron chi connectivity index (χ2n) is 7.17. The van der Waals surface area contributed by atoms with E-state index in [0.717, 1.165) is 22.8 Å². The lowest BCUT2D eigenvalue weighted by Gasteiger charge is -2.11. The smallest absolute Gasteiger partial charge is 0.155 e. The van der Waals surface area contributed by atoms with Crippen LogP contribution in [-0.2, 0) is 6.42 Å². The van der Waals surface area contributed by atoms with Crippen LogP contribution >= 0.6 is 11.6 Å². The van der Waals surface area contributed by atoms with E-state index >= 15 is 0 Å². The second kappa shape index (κ2) is 7.91. The molecule has 4 rings (SSSR count). The Bertz CT molecular complexity index is 965. The molecule has 3 atom stereocenters. The molecule has 0 amide bonds. The van der Waals surface area contributed by atoms with Gasteiger partial charge in [-0.2, -0.15) is 5.10 Å². The molecule has 7 heteroatoms.